The normalized spacial score (nSPS) is 11.8. The van der Waals surface area contributed by atoms with Crippen LogP contribution < -0.4 is 15.2 Å². The van der Waals surface area contributed by atoms with Gasteiger partial charge in [-0.25, -0.2) is 0 Å². The molecule has 0 bridgehead atoms. The third-order valence-electron chi connectivity index (χ3n) is 4.29. The summed E-state index contributed by atoms with van der Waals surface area (Å²) in [6.07, 6.45) is 4.24. The van der Waals surface area contributed by atoms with Gasteiger partial charge in [0, 0.05) is 18.4 Å². The highest BCUT2D eigenvalue weighted by molar-refractivity contribution is 5.43. The number of benzene rings is 2. The van der Waals surface area contributed by atoms with E-state index in [-0.39, 0.29) is 6.04 Å². The highest BCUT2D eigenvalue weighted by Crippen LogP contribution is 2.30. The molecular formula is C22H24N2O2. The number of aromatic nitrogens is 1. The van der Waals surface area contributed by atoms with E-state index in [9.17, 15) is 0 Å². The molecule has 0 aliphatic rings. The molecule has 134 valence electrons. The second kappa shape index (κ2) is 8.50. The Morgan fingerprint density at radius 1 is 0.962 bits per heavy atom. The topological polar surface area (TPSA) is 57.4 Å². The van der Waals surface area contributed by atoms with Crippen LogP contribution in [0.15, 0.2) is 67.0 Å². The number of ether oxygens (including phenoxy) is 2. The van der Waals surface area contributed by atoms with E-state index in [1.54, 1.807) is 19.5 Å². The van der Waals surface area contributed by atoms with Gasteiger partial charge in [-0.2, -0.15) is 0 Å². The van der Waals surface area contributed by atoms with E-state index >= 15 is 0 Å². The van der Waals surface area contributed by atoms with Crippen molar-refractivity contribution in [3.8, 4) is 11.5 Å². The second-order valence-corrected chi connectivity index (χ2v) is 6.35. The summed E-state index contributed by atoms with van der Waals surface area (Å²) < 4.78 is 11.5. The Labute approximate surface area is 154 Å². The van der Waals surface area contributed by atoms with Gasteiger partial charge in [-0.05, 0) is 54.3 Å². The molecule has 0 saturated heterocycles. The molecule has 2 N–H and O–H groups in total. The average molecular weight is 348 g/mol. The average Bonchev–Trinajstić information content (AvgIpc) is 2.67. The van der Waals surface area contributed by atoms with Crippen LogP contribution in [0.25, 0.3) is 0 Å². The molecule has 0 fully saturated rings. The molecule has 1 heterocycles. The van der Waals surface area contributed by atoms with Crippen LogP contribution in [0.5, 0.6) is 11.5 Å². The molecule has 1 unspecified atom stereocenters. The van der Waals surface area contributed by atoms with E-state index in [1.165, 1.54) is 5.56 Å². The smallest absolute Gasteiger partial charge is 0.161 e. The van der Waals surface area contributed by atoms with Crippen molar-refractivity contribution in [1.82, 2.24) is 4.98 Å². The molecule has 0 saturated carbocycles. The van der Waals surface area contributed by atoms with E-state index in [1.807, 2.05) is 36.4 Å². The second-order valence-electron chi connectivity index (χ2n) is 6.35. The Balaban J connectivity index is 1.69. The van der Waals surface area contributed by atoms with Crippen LogP contribution in [0.1, 0.15) is 28.3 Å². The lowest BCUT2D eigenvalue weighted by Crippen LogP contribution is -2.13. The first-order valence-electron chi connectivity index (χ1n) is 8.66. The summed E-state index contributed by atoms with van der Waals surface area (Å²) in [5.41, 5.74) is 10.8. The number of nitrogens with zero attached hydrogens (tertiary/aromatic N) is 1. The molecule has 4 heteroatoms. The number of hydrogen-bond acceptors (Lipinski definition) is 4. The van der Waals surface area contributed by atoms with Crippen molar-refractivity contribution in [2.75, 3.05) is 7.11 Å². The summed E-state index contributed by atoms with van der Waals surface area (Å²) in [6, 6.07) is 18.1. The van der Waals surface area contributed by atoms with E-state index in [2.05, 4.69) is 30.1 Å². The Kier molecular flexibility index (Phi) is 5.87. The molecule has 2 aromatic carbocycles. The van der Waals surface area contributed by atoms with Gasteiger partial charge in [-0.1, -0.05) is 35.9 Å². The summed E-state index contributed by atoms with van der Waals surface area (Å²) in [5, 5.41) is 0. The molecule has 0 amide bonds. The Morgan fingerprint density at radius 2 is 1.77 bits per heavy atom. The van der Waals surface area contributed by atoms with Gasteiger partial charge < -0.3 is 15.2 Å². The zero-order valence-corrected chi connectivity index (χ0v) is 15.2. The van der Waals surface area contributed by atoms with Crippen LogP contribution >= 0.6 is 0 Å². The monoisotopic (exact) mass is 348 g/mol. The van der Waals surface area contributed by atoms with Crippen molar-refractivity contribution in [2.45, 2.75) is 26.0 Å². The van der Waals surface area contributed by atoms with Crippen molar-refractivity contribution in [3.63, 3.8) is 0 Å². The molecule has 0 aliphatic heterocycles. The van der Waals surface area contributed by atoms with Crippen LogP contribution in [-0.4, -0.2) is 12.1 Å². The quantitative estimate of drug-likeness (QED) is 0.694. The predicted octanol–water partition coefficient (Wildman–Crippen LogP) is 4.22. The minimum absolute atomic E-state index is 0.0817. The highest BCUT2D eigenvalue weighted by Gasteiger charge is 2.11. The van der Waals surface area contributed by atoms with Gasteiger partial charge >= 0.3 is 0 Å². The molecule has 3 rings (SSSR count). The van der Waals surface area contributed by atoms with Crippen LogP contribution in [0.4, 0.5) is 0 Å². The van der Waals surface area contributed by atoms with Crippen LogP contribution in [0.2, 0.25) is 0 Å². The third-order valence-corrected chi connectivity index (χ3v) is 4.29. The fourth-order valence-corrected chi connectivity index (χ4v) is 2.90. The van der Waals surface area contributed by atoms with Gasteiger partial charge in [0.05, 0.1) is 7.11 Å². The van der Waals surface area contributed by atoms with Gasteiger partial charge in [-0.3, -0.25) is 4.98 Å². The van der Waals surface area contributed by atoms with Crippen molar-refractivity contribution in [1.29, 1.82) is 0 Å². The van der Waals surface area contributed by atoms with Crippen molar-refractivity contribution in [3.05, 3.63) is 89.2 Å². The molecule has 1 aromatic heterocycles. The standard InChI is InChI=1S/C22H24N2O2/c1-16-4-3-5-18(12-16)15-26-21-7-6-17(14-22(21)25-2)13-20(23)19-8-10-24-11-9-19/h3-12,14,20H,13,15,23H2,1-2H3. The Morgan fingerprint density at radius 3 is 2.50 bits per heavy atom. The SMILES string of the molecule is COc1cc(CC(N)c2ccncc2)ccc1OCc1cccc(C)c1. The highest BCUT2D eigenvalue weighted by atomic mass is 16.5. The summed E-state index contributed by atoms with van der Waals surface area (Å²) >= 11 is 0. The first-order valence-corrected chi connectivity index (χ1v) is 8.66. The molecule has 26 heavy (non-hydrogen) atoms. The number of rotatable bonds is 7. The lowest BCUT2D eigenvalue weighted by Gasteiger charge is -2.15. The predicted molar refractivity (Wildman–Crippen MR) is 103 cm³/mol. The molecule has 3 aromatic rings. The number of aryl methyl sites for hydroxylation is 1. The molecule has 1 atom stereocenters. The maximum absolute atomic E-state index is 6.31. The van der Waals surface area contributed by atoms with Crippen molar-refractivity contribution >= 4 is 0 Å². The van der Waals surface area contributed by atoms with E-state index in [0.29, 0.717) is 6.61 Å². The van der Waals surface area contributed by atoms with Crippen molar-refractivity contribution < 1.29 is 9.47 Å². The number of methoxy groups -OCH3 is 1. The fraction of sp³-hybridized carbons (Fsp3) is 0.227. The van der Waals surface area contributed by atoms with E-state index in [4.69, 9.17) is 15.2 Å². The minimum Gasteiger partial charge on any atom is -0.493 e. The summed E-state index contributed by atoms with van der Waals surface area (Å²) in [4.78, 5) is 4.03. The van der Waals surface area contributed by atoms with Crippen LogP contribution in [0.3, 0.4) is 0 Å². The molecule has 4 nitrogen and oxygen atoms in total. The minimum atomic E-state index is -0.0817. The van der Waals surface area contributed by atoms with Gasteiger partial charge in [0.25, 0.3) is 0 Å². The lowest BCUT2D eigenvalue weighted by atomic mass is 10.0. The largest absolute Gasteiger partial charge is 0.493 e. The number of nitrogens with two attached hydrogens (primary N) is 1. The van der Waals surface area contributed by atoms with Crippen LogP contribution in [0, 0.1) is 6.92 Å². The van der Waals surface area contributed by atoms with Gasteiger partial charge in [0.1, 0.15) is 6.61 Å². The fourth-order valence-electron chi connectivity index (χ4n) is 2.90. The van der Waals surface area contributed by atoms with Crippen LogP contribution in [-0.2, 0) is 13.0 Å². The number of pyridine rings is 1. The lowest BCUT2D eigenvalue weighted by molar-refractivity contribution is 0.284. The van der Waals surface area contributed by atoms with E-state index in [0.717, 1.165) is 34.6 Å². The zero-order chi connectivity index (χ0) is 18.4. The van der Waals surface area contributed by atoms with E-state index < -0.39 is 0 Å². The molecule has 0 spiro atoms. The number of hydrogen-bond donors (Lipinski definition) is 1. The molecule has 0 radical (unpaired) electrons. The third kappa shape index (κ3) is 4.61. The summed E-state index contributed by atoms with van der Waals surface area (Å²) in [7, 11) is 1.65. The van der Waals surface area contributed by atoms with Crippen molar-refractivity contribution in [2.24, 2.45) is 5.73 Å². The van der Waals surface area contributed by atoms with Gasteiger partial charge in [-0.15, -0.1) is 0 Å². The Hall–Kier alpha value is -2.85. The van der Waals surface area contributed by atoms with Gasteiger partial charge in [0.15, 0.2) is 11.5 Å². The zero-order valence-electron chi connectivity index (χ0n) is 15.2. The summed E-state index contributed by atoms with van der Waals surface area (Å²) in [5.74, 6) is 1.45. The maximum Gasteiger partial charge on any atom is 0.161 e. The molecule has 0 aliphatic carbocycles. The first kappa shape index (κ1) is 18.0. The van der Waals surface area contributed by atoms with Gasteiger partial charge in [0.2, 0.25) is 0 Å². The first-order chi connectivity index (χ1) is 12.7. The molecular weight excluding hydrogens is 324 g/mol. The maximum atomic E-state index is 6.31. The summed E-state index contributed by atoms with van der Waals surface area (Å²) in [6.45, 7) is 2.58. The Bertz CT molecular complexity index is 850.